The molecular formula is C11H13Cl2N. The third-order valence-electron chi connectivity index (χ3n) is 2.70. The number of hydrogen-bond acceptors (Lipinski definition) is 1. The lowest BCUT2D eigenvalue weighted by atomic mass is 10.0. The number of halogens is 2. The first-order valence-corrected chi connectivity index (χ1v) is 5.60. The van der Waals surface area contributed by atoms with Gasteiger partial charge < -0.3 is 5.32 Å². The Morgan fingerprint density at radius 3 is 2.64 bits per heavy atom. The van der Waals surface area contributed by atoms with Crippen molar-refractivity contribution in [2.75, 3.05) is 6.54 Å². The first-order chi connectivity index (χ1) is 6.66. The third kappa shape index (κ3) is 2.05. The van der Waals surface area contributed by atoms with Gasteiger partial charge in [0.25, 0.3) is 0 Å². The molecule has 2 atom stereocenters. The van der Waals surface area contributed by atoms with Gasteiger partial charge >= 0.3 is 0 Å². The molecule has 0 amide bonds. The molecule has 0 aliphatic carbocycles. The fourth-order valence-corrected chi connectivity index (χ4v) is 2.20. The second kappa shape index (κ2) is 4.09. The molecule has 14 heavy (non-hydrogen) atoms. The average Bonchev–Trinajstić information content (AvgIpc) is 2.57. The van der Waals surface area contributed by atoms with E-state index in [9.17, 15) is 0 Å². The molecule has 1 saturated heterocycles. The molecule has 2 rings (SSSR count). The molecule has 1 fully saturated rings. The molecule has 3 heteroatoms. The summed E-state index contributed by atoms with van der Waals surface area (Å²) in [6.07, 6.45) is 1.18. The molecule has 0 spiro atoms. The van der Waals surface area contributed by atoms with E-state index >= 15 is 0 Å². The van der Waals surface area contributed by atoms with Gasteiger partial charge in [0.2, 0.25) is 0 Å². The zero-order valence-corrected chi connectivity index (χ0v) is 9.57. The van der Waals surface area contributed by atoms with Crippen molar-refractivity contribution in [3.8, 4) is 0 Å². The minimum absolute atomic E-state index is 0.444. The summed E-state index contributed by atoms with van der Waals surface area (Å²) < 4.78 is 0. The number of rotatable bonds is 1. The second-order valence-electron chi connectivity index (χ2n) is 3.98. The fraction of sp³-hybridized carbons (Fsp3) is 0.455. The highest BCUT2D eigenvalue weighted by atomic mass is 35.5. The summed E-state index contributed by atoms with van der Waals surface area (Å²) >= 11 is 11.8. The number of hydrogen-bond donors (Lipinski definition) is 1. The molecule has 1 aromatic rings. The Balaban J connectivity index is 2.20. The van der Waals surface area contributed by atoms with E-state index in [0.29, 0.717) is 16.1 Å². The molecule has 2 unspecified atom stereocenters. The lowest BCUT2D eigenvalue weighted by Crippen LogP contribution is -2.13. The third-order valence-corrected chi connectivity index (χ3v) is 3.44. The van der Waals surface area contributed by atoms with Gasteiger partial charge in [-0.05, 0) is 36.6 Å². The molecule has 76 valence electrons. The molecule has 1 nitrogen and oxygen atoms in total. The van der Waals surface area contributed by atoms with Gasteiger partial charge in [-0.2, -0.15) is 0 Å². The summed E-state index contributed by atoms with van der Waals surface area (Å²) in [6, 6.07) is 6.31. The van der Waals surface area contributed by atoms with Crippen LogP contribution in [0.1, 0.15) is 24.9 Å². The van der Waals surface area contributed by atoms with Crippen molar-refractivity contribution in [1.82, 2.24) is 5.32 Å². The minimum Gasteiger partial charge on any atom is -0.310 e. The van der Waals surface area contributed by atoms with Crippen LogP contribution in [0.4, 0.5) is 0 Å². The average molecular weight is 230 g/mol. The predicted molar refractivity (Wildman–Crippen MR) is 61.0 cm³/mol. The minimum atomic E-state index is 0.444. The fourth-order valence-electron chi connectivity index (χ4n) is 1.90. The van der Waals surface area contributed by atoms with Crippen molar-refractivity contribution < 1.29 is 0 Å². The summed E-state index contributed by atoms with van der Waals surface area (Å²) in [5, 5.41) is 4.74. The number of nitrogens with one attached hydrogen (secondary N) is 1. The van der Waals surface area contributed by atoms with Crippen LogP contribution < -0.4 is 5.32 Å². The molecule has 0 saturated carbocycles. The maximum atomic E-state index is 5.97. The molecule has 1 aromatic carbocycles. The molecule has 0 bridgehead atoms. The predicted octanol–water partition coefficient (Wildman–Crippen LogP) is 3.66. The Kier molecular flexibility index (Phi) is 3.01. The highest BCUT2D eigenvalue weighted by molar-refractivity contribution is 6.42. The van der Waals surface area contributed by atoms with Crippen LogP contribution in [0.3, 0.4) is 0 Å². The van der Waals surface area contributed by atoms with Gasteiger partial charge in [0, 0.05) is 6.04 Å². The van der Waals surface area contributed by atoms with Gasteiger partial charge in [-0.15, -0.1) is 0 Å². The first-order valence-electron chi connectivity index (χ1n) is 4.85. The Hall–Kier alpha value is -0.240. The van der Waals surface area contributed by atoms with E-state index in [1.807, 2.05) is 18.2 Å². The molecular weight excluding hydrogens is 217 g/mol. The summed E-state index contributed by atoms with van der Waals surface area (Å²) in [5.74, 6) is 0.745. The van der Waals surface area contributed by atoms with Crippen LogP contribution in [0.2, 0.25) is 10.0 Å². The van der Waals surface area contributed by atoms with Crippen molar-refractivity contribution in [2.45, 2.75) is 19.4 Å². The highest BCUT2D eigenvalue weighted by Crippen LogP contribution is 2.31. The van der Waals surface area contributed by atoms with Crippen molar-refractivity contribution in [1.29, 1.82) is 0 Å². The molecule has 1 aliphatic heterocycles. The van der Waals surface area contributed by atoms with Crippen molar-refractivity contribution in [3.05, 3.63) is 33.8 Å². The normalized spacial score (nSPS) is 26.8. The molecule has 1 aliphatic rings. The first kappa shape index (κ1) is 10.3. The summed E-state index contributed by atoms with van der Waals surface area (Å²) in [6.45, 7) is 3.34. The van der Waals surface area contributed by atoms with Gasteiger partial charge in [0.15, 0.2) is 0 Å². The van der Waals surface area contributed by atoms with Gasteiger partial charge in [0.05, 0.1) is 10.0 Å². The Labute approximate surface area is 94.4 Å². The maximum absolute atomic E-state index is 5.97. The quantitative estimate of drug-likeness (QED) is 0.776. The van der Waals surface area contributed by atoms with Gasteiger partial charge in [0.1, 0.15) is 0 Å². The molecule has 0 aromatic heterocycles. The zero-order chi connectivity index (χ0) is 10.1. The lowest BCUT2D eigenvalue weighted by Gasteiger charge is -2.11. The van der Waals surface area contributed by atoms with E-state index in [0.717, 1.165) is 12.5 Å². The maximum Gasteiger partial charge on any atom is 0.0595 e. The molecule has 1 heterocycles. The van der Waals surface area contributed by atoms with Crippen LogP contribution in [0.15, 0.2) is 18.2 Å². The van der Waals surface area contributed by atoms with Crippen molar-refractivity contribution in [3.63, 3.8) is 0 Å². The standard InChI is InChI=1S/C11H13Cl2N/c1-7-4-11(14-6-7)8-2-3-9(12)10(13)5-8/h2-3,5,7,11,14H,4,6H2,1H3. The van der Waals surface area contributed by atoms with E-state index in [1.165, 1.54) is 12.0 Å². The summed E-state index contributed by atoms with van der Waals surface area (Å²) in [5.41, 5.74) is 1.24. The van der Waals surface area contributed by atoms with Gasteiger partial charge in [-0.3, -0.25) is 0 Å². The van der Waals surface area contributed by atoms with Crippen LogP contribution in [-0.4, -0.2) is 6.54 Å². The van der Waals surface area contributed by atoms with E-state index < -0.39 is 0 Å². The Morgan fingerprint density at radius 1 is 1.29 bits per heavy atom. The summed E-state index contributed by atoms with van der Waals surface area (Å²) in [4.78, 5) is 0. The SMILES string of the molecule is CC1CNC(c2ccc(Cl)c(Cl)c2)C1. The second-order valence-corrected chi connectivity index (χ2v) is 4.79. The topological polar surface area (TPSA) is 12.0 Å². The van der Waals surface area contributed by atoms with Gasteiger partial charge in [-0.1, -0.05) is 36.2 Å². The Morgan fingerprint density at radius 2 is 2.07 bits per heavy atom. The van der Waals surface area contributed by atoms with E-state index in [-0.39, 0.29) is 0 Å². The van der Waals surface area contributed by atoms with Crippen LogP contribution in [0.25, 0.3) is 0 Å². The van der Waals surface area contributed by atoms with E-state index in [4.69, 9.17) is 23.2 Å². The van der Waals surface area contributed by atoms with Crippen molar-refractivity contribution >= 4 is 23.2 Å². The van der Waals surface area contributed by atoms with Crippen molar-refractivity contribution in [2.24, 2.45) is 5.92 Å². The highest BCUT2D eigenvalue weighted by Gasteiger charge is 2.22. The van der Waals surface area contributed by atoms with E-state index in [1.54, 1.807) is 0 Å². The van der Waals surface area contributed by atoms with Crippen LogP contribution in [0.5, 0.6) is 0 Å². The largest absolute Gasteiger partial charge is 0.310 e. The molecule has 1 N–H and O–H groups in total. The smallest absolute Gasteiger partial charge is 0.0595 e. The monoisotopic (exact) mass is 229 g/mol. The van der Waals surface area contributed by atoms with E-state index in [2.05, 4.69) is 12.2 Å². The van der Waals surface area contributed by atoms with Gasteiger partial charge in [-0.25, -0.2) is 0 Å². The van der Waals surface area contributed by atoms with Crippen LogP contribution >= 0.6 is 23.2 Å². The Bertz CT molecular complexity index is 338. The lowest BCUT2D eigenvalue weighted by molar-refractivity contribution is 0.612. The van der Waals surface area contributed by atoms with Crippen LogP contribution in [-0.2, 0) is 0 Å². The summed E-state index contributed by atoms with van der Waals surface area (Å²) in [7, 11) is 0. The number of benzene rings is 1. The van der Waals surface area contributed by atoms with Crippen LogP contribution in [0, 0.1) is 5.92 Å². The molecule has 0 radical (unpaired) electrons. The zero-order valence-electron chi connectivity index (χ0n) is 8.06.